The van der Waals surface area contributed by atoms with Crippen LogP contribution < -0.4 is 5.32 Å². The van der Waals surface area contributed by atoms with Crippen molar-refractivity contribution >= 4 is 40.2 Å². The largest absolute Gasteiger partial charge is 0.350 e. The van der Waals surface area contributed by atoms with Crippen molar-refractivity contribution in [2.24, 2.45) is 0 Å². The lowest BCUT2D eigenvalue weighted by Gasteiger charge is -2.02. The first kappa shape index (κ1) is 16.2. The molecule has 0 saturated carbocycles. The average Bonchev–Trinajstić information content (AvgIpc) is 3.23. The second-order valence-corrected chi connectivity index (χ2v) is 7.40. The maximum atomic E-state index is 11.9. The van der Waals surface area contributed by atoms with Gasteiger partial charge in [0.2, 0.25) is 5.91 Å². The van der Waals surface area contributed by atoms with E-state index >= 15 is 0 Å². The number of aryl methyl sites for hydroxylation is 1. The van der Waals surface area contributed by atoms with E-state index in [1.165, 1.54) is 4.88 Å². The number of halogens is 1. The number of hydrogen-bond donors (Lipinski definition) is 1. The molecule has 0 fully saturated rings. The molecule has 0 unspecified atom stereocenters. The van der Waals surface area contributed by atoms with Crippen LogP contribution in [0.5, 0.6) is 0 Å². The lowest BCUT2D eigenvalue weighted by Crippen LogP contribution is -2.22. The van der Waals surface area contributed by atoms with Gasteiger partial charge in [-0.25, -0.2) is 4.98 Å². The zero-order valence-electron chi connectivity index (χ0n) is 12.3. The van der Waals surface area contributed by atoms with Crippen LogP contribution in [-0.2, 0) is 17.8 Å². The quantitative estimate of drug-likeness (QED) is 0.686. The Labute approximate surface area is 148 Å². The molecule has 118 valence electrons. The second kappa shape index (κ2) is 7.73. The molecular formula is C17H15ClN2OS2. The summed E-state index contributed by atoms with van der Waals surface area (Å²) in [5, 5.41) is 8.57. The minimum Gasteiger partial charge on any atom is -0.350 e. The molecule has 0 atom stereocenters. The van der Waals surface area contributed by atoms with Gasteiger partial charge in [-0.05, 0) is 30.0 Å². The molecule has 0 aliphatic rings. The Bertz CT molecular complexity index is 766. The smallest absolute Gasteiger partial charge is 0.220 e. The first-order chi connectivity index (χ1) is 11.2. The lowest BCUT2D eigenvalue weighted by atomic mass is 10.2. The van der Waals surface area contributed by atoms with E-state index in [1.807, 2.05) is 41.1 Å². The summed E-state index contributed by atoms with van der Waals surface area (Å²) in [4.78, 5) is 17.7. The predicted octanol–water partition coefficient (Wildman–Crippen LogP) is 4.77. The van der Waals surface area contributed by atoms with E-state index in [0.717, 1.165) is 22.7 Å². The first-order valence-electron chi connectivity index (χ1n) is 7.20. The van der Waals surface area contributed by atoms with E-state index in [0.29, 0.717) is 18.0 Å². The maximum absolute atomic E-state index is 11.9. The SMILES string of the molecule is O=C(CCc1cccs1)NCc1nc(-c2ccc(Cl)cc2)cs1. The zero-order valence-corrected chi connectivity index (χ0v) is 14.7. The fourth-order valence-corrected chi connectivity index (χ4v) is 3.68. The van der Waals surface area contributed by atoms with Gasteiger partial charge in [-0.15, -0.1) is 22.7 Å². The number of rotatable bonds is 6. The van der Waals surface area contributed by atoms with Crippen LogP contribution in [0.4, 0.5) is 0 Å². The van der Waals surface area contributed by atoms with Gasteiger partial charge >= 0.3 is 0 Å². The molecule has 2 aromatic heterocycles. The van der Waals surface area contributed by atoms with Gasteiger partial charge in [-0.3, -0.25) is 4.79 Å². The minimum atomic E-state index is 0.0571. The summed E-state index contributed by atoms with van der Waals surface area (Å²) < 4.78 is 0. The third-order valence-electron chi connectivity index (χ3n) is 3.31. The van der Waals surface area contributed by atoms with Crippen LogP contribution in [-0.4, -0.2) is 10.9 Å². The summed E-state index contributed by atoms with van der Waals surface area (Å²) in [6, 6.07) is 11.6. The fourth-order valence-electron chi connectivity index (χ4n) is 2.10. The summed E-state index contributed by atoms with van der Waals surface area (Å²) in [5.41, 5.74) is 1.94. The van der Waals surface area contributed by atoms with Crippen molar-refractivity contribution in [3.05, 3.63) is 62.1 Å². The number of thiazole rings is 1. The number of carbonyl (C=O) groups is 1. The molecule has 3 nitrogen and oxygen atoms in total. The Balaban J connectivity index is 1.50. The number of hydrogen-bond acceptors (Lipinski definition) is 4. The molecule has 0 saturated heterocycles. The maximum Gasteiger partial charge on any atom is 0.220 e. The van der Waals surface area contributed by atoms with Gasteiger partial charge in [0.25, 0.3) is 0 Å². The number of carbonyl (C=O) groups excluding carboxylic acids is 1. The minimum absolute atomic E-state index is 0.0571. The van der Waals surface area contributed by atoms with Gasteiger partial charge in [-0.2, -0.15) is 0 Å². The molecule has 0 radical (unpaired) electrons. The highest BCUT2D eigenvalue weighted by Crippen LogP contribution is 2.23. The molecule has 0 bridgehead atoms. The summed E-state index contributed by atoms with van der Waals surface area (Å²) in [7, 11) is 0. The standard InChI is InChI=1S/C17H15ClN2OS2/c18-13-5-3-12(4-6-13)15-11-23-17(20-15)10-19-16(21)8-7-14-2-1-9-22-14/h1-6,9,11H,7-8,10H2,(H,19,21). The van der Waals surface area contributed by atoms with Gasteiger partial charge in [0, 0.05) is 27.3 Å². The van der Waals surface area contributed by atoms with Gasteiger partial charge < -0.3 is 5.32 Å². The molecule has 2 heterocycles. The molecule has 6 heteroatoms. The van der Waals surface area contributed by atoms with Crippen molar-refractivity contribution in [3.63, 3.8) is 0 Å². The van der Waals surface area contributed by atoms with Crippen molar-refractivity contribution in [2.45, 2.75) is 19.4 Å². The van der Waals surface area contributed by atoms with E-state index in [2.05, 4.69) is 16.4 Å². The molecule has 0 aliphatic carbocycles. The van der Waals surface area contributed by atoms with Crippen LogP contribution >= 0.6 is 34.3 Å². The number of amides is 1. The molecule has 0 aliphatic heterocycles. The van der Waals surface area contributed by atoms with Crippen molar-refractivity contribution in [1.82, 2.24) is 10.3 Å². The number of nitrogens with one attached hydrogen (secondary N) is 1. The lowest BCUT2D eigenvalue weighted by molar-refractivity contribution is -0.121. The van der Waals surface area contributed by atoms with E-state index in [9.17, 15) is 4.79 Å². The van der Waals surface area contributed by atoms with Crippen molar-refractivity contribution < 1.29 is 4.79 Å². The second-order valence-electron chi connectivity index (χ2n) is 4.99. The Hall–Kier alpha value is -1.69. The normalized spacial score (nSPS) is 10.7. The predicted molar refractivity (Wildman–Crippen MR) is 97.0 cm³/mol. The summed E-state index contributed by atoms with van der Waals surface area (Å²) in [6.07, 6.45) is 1.30. The van der Waals surface area contributed by atoms with Gasteiger partial charge in [-0.1, -0.05) is 29.8 Å². The molecule has 23 heavy (non-hydrogen) atoms. The topological polar surface area (TPSA) is 42.0 Å². The summed E-state index contributed by atoms with van der Waals surface area (Å²) >= 11 is 9.12. The van der Waals surface area contributed by atoms with Crippen molar-refractivity contribution in [1.29, 1.82) is 0 Å². The third kappa shape index (κ3) is 4.64. The Morgan fingerprint density at radius 2 is 2.00 bits per heavy atom. The highest BCUT2D eigenvalue weighted by atomic mass is 35.5. The number of nitrogens with zero attached hydrogens (tertiary/aromatic N) is 1. The Morgan fingerprint density at radius 3 is 2.74 bits per heavy atom. The summed E-state index contributed by atoms with van der Waals surface area (Å²) in [5.74, 6) is 0.0571. The van der Waals surface area contributed by atoms with Crippen LogP contribution in [0, 0.1) is 0 Å². The van der Waals surface area contributed by atoms with Crippen molar-refractivity contribution in [3.8, 4) is 11.3 Å². The van der Waals surface area contributed by atoms with Crippen LogP contribution in [0.3, 0.4) is 0 Å². The molecule has 3 rings (SSSR count). The fraction of sp³-hybridized carbons (Fsp3) is 0.176. The monoisotopic (exact) mass is 362 g/mol. The molecule has 1 amide bonds. The van der Waals surface area contributed by atoms with Gasteiger partial charge in [0.1, 0.15) is 5.01 Å². The van der Waals surface area contributed by atoms with Crippen LogP contribution in [0.25, 0.3) is 11.3 Å². The van der Waals surface area contributed by atoms with E-state index in [4.69, 9.17) is 11.6 Å². The highest BCUT2D eigenvalue weighted by molar-refractivity contribution is 7.10. The van der Waals surface area contributed by atoms with Crippen LogP contribution in [0.1, 0.15) is 16.3 Å². The third-order valence-corrected chi connectivity index (χ3v) is 5.34. The molecule has 3 aromatic rings. The van der Waals surface area contributed by atoms with Gasteiger partial charge in [0.15, 0.2) is 0 Å². The van der Waals surface area contributed by atoms with E-state index in [-0.39, 0.29) is 5.91 Å². The number of aromatic nitrogens is 1. The van der Waals surface area contributed by atoms with Crippen LogP contribution in [0.15, 0.2) is 47.2 Å². The van der Waals surface area contributed by atoms with Crippen LogP contribution in [0.2, 0.25) is 5.02 Å². The Morgan fingerprint density at radius 1 is 1.17 bits per heavy atom. The van der Waals surface area contributed by atoms with E-state index < -0.39 is 0 Å². The highest BCUT2D eigenvalue weighted by Gasteiger charge is 2.07. The molecular weight excluding hydrogens is 348 g/mol. The number of thiophene rings is 1. The molecule has 1 N–H and O–H groups in total. The zero-order chi connectivity index (χ0) is 16.1. The summed E-state index contributed by atoms with van der Waals surface area (Å²) in [6.45, 7) is 0.474. The number of benzene rings is 1. The average molecular weight is 363 g/mol. The van der Waals surface area contributed by atoms with E-state index in [1.54, 1.807) is 22.7 Å². The molecule has 1 aromatic carbocycles. The van der Waals surface area contributed by atoms with Crippen molar-refractivity contribution in [2.75, 3.05) is 0 Å². The Kier molecular flexibility index (Phi) is 5.43. The first-order valence-corrected chi connectivity index (χ1v) is 9.34. The molecule has 0 spiro atoms. The van der Waals surface area contributed by atoms with Gasteiger partial charge in [0.05, 0.1) is 12.2 Å².